The average Bonchev–Trinajstić information content (AvgIpc) is 2.15. The molecule has 0 spiro atoms. The smallest absolute Gasteiger partial charge is 0.304 e. The van der Waals surface area contributed by atoms with E-state index in [1.807, 2.05) is 30.3 Å². The van der Waals surface area contributed by atoms with Crippen molar-refractivity contribution in [3.05, 3.63) is 48.6 Å². The first-order valence-corrected chi connectivity index (χ1v) is 4.13. The van der Waals surface area contributed by atoms with Crippen molar-refractivity contribution in [2.45, 2.75) is 12.3 Å². The Bertz CT molecular complexity index is 290. The highest BCUT2D eigenvalue weighted by Crippen LogP contribution is 2.19. The number of benzene rings is 1. The van der Waals surface area contributed by atoms with E-state index in [4.69, 9.17) is 5.11 Å². The number of hydrogen-bond donors (Lipinski definition) is 1. The number of carbonyl (C=O) groups is 1. The summed E-state index contributed by atoms with van der Waals surface area (Å²) >= 11 is 0. The molecule has 0 amide bonds. The Morgan fingerprint density at radius 1 is 1.46 bits per heavy atom. The van der Waals surface area contributed by atoms with Crippen LogP contribution in [0.15, 0.2) is 43.0 Å². The van der Waals surface area contributed by atoms with Gasteiger partial charge < -0.3 is 5.11 Å². The van der Waals surface area contributed by atoms with Crippen molar-refractivity contribution in [3.63, 3.8) is 0 Å². The molecule has 0 saturated carbocycles. The average molecular weight is 176 g/mol. The second-order valence-electron chi connectivity index (χ2n) is 2.85. The Balaban J connectivity index is 2.78. The number of rotatable bonds is 4. The fourth-order valence-corrected chi connectivity index (χ4v) is 1.23. The molecule has 0 aromatic heterocycles. The largest absolute Gasteiger partial charge is 0.481 e. The molecule has 2 nitrogen and oxygen atoms in total. The van der Waals surface area contributed by atoms with Crippen molar-refractivity contribution < 1.29 is 9.90 Å². The first-order chi connectivity index (χ1) is 6.24. The molecular formula is C11H12O2. The summed E-state index contributed by atoms with van der Waals surface area (Å²) in [5.41, 5.74) is 1.000. The second kappa shape index (κ2) is 4.45. The molecule has 0 bridgehead atoms. The molecule has 0 heterocycles. The molecule has 1 aromatic carbocycles. The van der Waals surface area contributed by atoms with Gasteiger partial charge in [0.25, 0.3) is 0 Å². The Morgan fingerprint density at radius 2 is 2.08 bits per heavy atom. The lowest BCUT2D eigenvalue weighted by Gasteiger charge is -2.08. The van der Waals surface area contributed by atoms with Gasteiger partial charge in [0.2, 0.25) is 0 Å². The molecule has 0 unspecified atom stereocenters. The van der Waals surface area contributed by atoms with Gasteiger partial charge in [-0.3, -0.25) is 4.79 Å². The van der Waals surface area contributed by atoms with E-state index in [1.54, 1.807) is 6.08 Å². The summed E-state index contributed by atoms with van der Waals surface area (Å²) in [4.78, 5) is 10.5. The van der Waals surface area contributed by atoms with Crippen molar-refractivity contribution in [2.75, 3.05) is 0 Å². The third kappa shape index (κ3) is 2.75. The van der Waals surface area contributed by atoms with Crippen LogP contribution in [-0.2, 0) is 4.79 Å². The Morgan fingerprint density at radius 3 is 2.54 bits per heavy atom. The van der Waals surface area contributed by atoms with Crippen LogP contribution in [0.3, 0.4) is 0 Å². The van der Waals surface area contributed by atoms with Crippen molar-refractivity contribution in [1.82, 2.24) is 0 Å². The van der Waals surface area contributed by atoms with Gasteiger partial charge in [0.15, 0.2) is 0 Å². The van der Waals surface area contributed by atoms with E-state index in [-0.39, 0.29) is 12.3 Å². The third-order valence-corrected chi connectivity index (χ3v) is 1.91. The molecule has 0 radical (unpaired) electrons. The van der Waals surface area contributed by atoms with E-state index in [0.717, 1.165) is 5.56 Å². The molecule has 0 fully saturated rings. The first-order valence-electron chi connectivity index (χ1n) is 4.13. The highest BCUT2D eigenvalue weighted by atomic mass is 16.4. The monoisotopic (exact) mass is 176 g/mol. The second-order valence-corrected chi connectivity index (χ2v) is 2.85. The Kier molecular flexibility index (Phi) is 3.26. The molecule has 13 heavy (non-hydrogen) atoms. The normalized spacial score (nSPS) is 12.0. The van der Waals surface area contributed by atoms with Crippen LogP contribution in [0.1, 0.15) is 17.9 Å². The SMILES string of the molecule is C=C[C@@H](CC(=O)O)c1ccccc1. The summed E-state index contributed by atoms with van der Waals surface area (Å²) in [6, 6.07) is 9.52. The molecule has 0 aliphatic carbocycles. The van der Waals surface area contributed by atoms with Crippen LogP contribution in [0.2, 0.25) is 0 Å². The highest BCUT2D eigenvalue weighted by molar-refractivity contribution is 5.68. The van der Waals surface area contributed by atoms with Crippen LogP contribution in [-0.4, -0.2) is 11.1 Å². The number of carboxylic acids is 1. The van der Waals surface area contributed by atoms with E-state index in [2.05, 4.69) is 6.58 Å². The predicted molar refractivity (Wildman–Crippen MR) is 51.6 cm³/mol. The summed E-state index contributed by atoms with van der Waals surface area (Å²) in [6.45, 7) is 3.63. The zero-order valence-corrected chi connectivity index (χ0v) is 7.31. The van der Waals surface area contributed by atoms with Crippen LogP contribution in [0, 0.1) is 0 Å². The molecular weight excluding hydrogens is 164 g/mol. The Labute approximate surface area is 77.5 Å². The molecule has 1 atom stereocenters. The maximum absolute atomic E-state index is 10.5. The van der Waals surface area contributed by atoms with Crippen molar-refractivity contribution in [1.29, 1.82) is 0 Å². The summed E-state index contributed by atoms with van der Waals surface area (Å²) in [6.07, 6.45) is 1.77. The van der Waals surface area contributed by atoms with E-state index in [0.29, 0.717) is 0 Å². The minimum atomic E-state index is -0.797. The lowest BCUT2D eigenvalue weighted by atomic mass is 9.96. The lowest BCUT2D eigenvalue weighted by Crippen LogP contribution is -2.03. The van der Waals surface area contributed by atoms with Crippen LogP contribution in [0.25, 0.3) is 0 Å². The predicted octanol–water partition coefficient (Wildman–Crippen LogP) is 2.43. The van der Waals surface area contributed by atoms with E-state index in [9.17, 15) is 4.79 Å². The fraction of sp³-hybridized carbons (Fsp3) is 0.182. The summed E-state index contributed by atoms with van der Waals surface area (Å²) in [5.74, 6) is -0.882. The fourth-order valence-electron chi connectivity index (χ4n) is 1.23. The molecule has 0 aliphatic rings. The van der Waals surface area contributed by atoms with Gasteiger partial charge in [0.05, 0.1) is 6.42 Å². The van der Waals surface area contributed by atoms with Crippen molar-refractivity contribution in [3.8, 4) is 0 Å². The van der Waals surface area contributed by atoms with Gasteiger partial charge in [0, 0.05) is 5.92 Å². The van der Waals surface area contributed by atoms with Gasteiger partial charge in [-0.2, -0.15) is 0 Å². The lowest BCUT2D eigenvalue weighted by molar-refractivity contribution is -0.137. The van der Waals surface area contributed by atoms with Gasteiger partial charge in [-0.25, -0.2) is 0 Å². The molecule has 1 N–H and O–H groups in total. The first kappa shape index (κ1) is 9.52. The van der Waals surface area contributed by atoms with Gasteiger partial charge in [-0.15, -0.1) is 6.58 Å². The van der Waals surface area contributed by atoms with Gasteiger partial charge in [-0.1, -0.05) is 36.4 Å². The van der Waals surface area contributed by atoms with E-state index >= 15 is 0 Å². The summed E-state index contributed by atoms with van der Waals surface area (Å²) in [7, 11) is 0. The maximum atomic E-state index is 10.5. The molecule has 68 valence electrons. The third-order valence-electron chi connectivity index (χ3n) is 1.91. The standard InChI is InChI=1S/C11H12O2/c1-2-9(8-11(12)13)10-6-4-3-5-7-10/h2-7,9H,1,8H2,(H,12,13)/t9-/m0/s1. The summed E-state index contributed by atoms with van der Waals surface area (Å²) < 4.78 is 0. The highest BCUT2D eigenvalue weighted by Gasteiger charge is 2.10. The maximum Gasteiger partial charge on any atom is 0.304 e. The van der Waals surface area contributed by atoms with E-state index in [1.165, 1.54) is 0 Å². The van der Waals surface area contributed by atoms with Gasteiger partial charge >= 0.3 is 5.97 Å². The molecule has 1 aromatic rings. The number of aliphatic carboxylic acids is 1. The zero-order chi connectivity index (χ0) is 9.68. The molecule has 2 heteroatoms. The minimum absolute atomic E-state index is 0.0845. The van der Waals surface area contributed by atoms with Crippen molar-refractivity contribution >= 4 is 5.97 Å². The van der Waals surface area contributed by atoms with Crippen LogP contribution in [0.4, 0.5) is 0 Å². The quantitative estimate of drug-likeness (QED) is 0.715. The Hall–Kier alpha value is -1.57. The van der Waals surface area contributed by atoms with Crippen molar-refractivity contribution in [2.24, 2.45) is 0 Å². The minimum Gasteiger partial charge on any atom is -0.481 e. The number of hydrogen-bond acceptors (Lipinski definition) is 1. The van der Waals surface area contributed by atoms with Crippen LogP contribution < -0.4 is 0 Å². The molecule has 0 aliphatic heterocycles. The summed E-state index contributed by atoms with van der Waals surface area (Å²) in [5, 5.41) is 8.63. The van der Waals surface area contributed by atoms with Crippen LogP contribution >= 0.6 is 0 Å². The number of carboxylic acid groups (broad SMARTS) is 1. The topological polar surface area (TPSA) is 37.3 Å². The zero-order valence-electron chi connectivity index (χ0n) is 7.31. The van der Waals surface area contributed by atoms with E-state index < -0.39 is 5.97 Å². The van der Waals surface area contributed by atoms with Crippen LogP contribution in [0.5, 0.6) is 0 Å². The molecule has 1 rings (SSSR count). The number of allylic oxidation sites excluding steroid dienone is 1. The molecule has 0 saturated heterocycles. The van der Waals surface area contributed by atoms with Gasteiger partial charge in [0.1, 0.15) is 0 Å². The van der Waals surface area contributed by atoms with Gasteiger partial charge in [-0.05, 0) is 5.56 Å².